The van der Waals surface area contributed by atoms with E-state index in [4.69, 9.17) is 9.98 Å². The van der Waals surface area contributed by atoms with E-state index in [0.717, 1.165) is 61.0 Å². The Kier molecular flexibility index (Phi) is 6.20. The lowest BCUT2D eigenvalue weighted by molar-refractivity contribution is 0.751. The van der Waals surface area contributed by atoms with E-state index < -0.39 is 0 Å². The molecule has 0 amide bonds. The average molecular weight is 588 g/mol. The highest BCUT2D eigenvalue weighted by atomic mass is 15.1. The molecule has 1 atom stereocenters. The van der Waals surface area contributed by atoms with Crippen LogP contribution in [0.1, 0.15) is 22.7 Å². The molecule has 1 aliphatic heterocycles. The van der Waals surface area contributed by atoms with Gasteiger partial charge in [-0.05, 0) is 58.0 Å². The lowest BCUT2D eigenvalue weighted by Gasteiger charge is -2.29. The minimum absolute atomic E-state index is 0.0419. The summed E-state index contributed by atoms with van der Waals surface area (Å²) in [7, 11) is 0. The van der Waals surface area contributed by atoms with Gasteiger partial charge in [0, 0.05) is 32.8 Å². The van der Waals surface area contributed by atoms with Gasteiger partial charge in [-0.1, -0.05) is 133 Å². The summed E-state index contributed by atoms with van der Waals surface area (Å²) in [6.07, 6.45) is 0. The summed E-state index contributed by atoms with van der Waals surface area (Å²) in [5.41, 5.74) is 11.0. The maximum atomic E-state index is 5.41. The summed E-state index contributed by atoms with van der Waals surface area (Å²) < 4.78 is 0. The second kappa shape index (κ2) is 10.8. The molecule has 7 aromatic carbocycles. The van der Waals surface area contributed by atoms with Crippen LogP contribution in [0.2, 0.25) is 0 Å². The Morgan fingerprint density at radius 1 is 0.457 bits per heavy atom. The number of hydrogen-bond acceptors (Lipinski definition) is 3. The number of fused-ring (bicyclic) bond motifs is 5. The van der Waals surface area contributed by atoms with Gasteiger partial charge in [0.15, 0.2) is 0 Å². The minimum Gasteiger partial charge on any atom is -0.359 e. The maximum Gasteiger partial charge on any atom is 0.134 e. The largest absolute Gasteiger partial charge is 0.359 e. The Hall–Kier alpha value is -6.06. The van der Waals surface area contributed by atoms with Gasteiger partial charge in [0.1, 0.15) is 5.84 Å². The van der Waals surface area contributed by atoms with Gasteiger partial charge >= 0.3 is 0 Å². The van der Waals surface area contributed by atoms with E-state index in [1.165, 1.54) is 22.1 Å². The average Bonchev–Trinajstić information content (AvgIpc) is 3.13. The molecule has 0 saturated carbocycles. The third-order valence-electron chi connectivity index (χ3n) is 9.07. The lowest BCUT2D eigenvalue weighted by atomic mass is 9.90. The van der Waals surface area contributed by atoms with Crippen molar-refractivity contribution < 1.29 is 0 Å². The molecule has 3 heteroatoms. The first-order valence-electron chi connectivity index (χ1n) is 15.7. The van der Waals surface area contributed by atoms with Gasteiger partial charge in [-0.2, -0.15) is 0 Å². The zero-order chi connectivity index (χ0) is 30.5. The van der Waals surface area contributed by atoms with Crippen molar-refractivity contribution >= 4 is 44.1 Å². The number of para-hydroxylation sites is 2. The molecule has 1 N–H and O–H groups in total. The fraction of sp³-hybridized carbons (Fsp3) is 0.0233. The molecule has 3 nitrogen and oxygen atoms in total. The molecule has 1 aromatic heterocycles. The molecular formula is C43H29N3. The van der Waals surface area contributed by atoms with Crippen LogP contribution < -0.4 is 5.32 Å². The number of aromatic nitrogens is 1. The molecule has 0 saturated heterocycles. The van der Waals surface area contributed by atoms with Crippen LogP contribution in [0.4, 0.5) is 5.69 Å². The predicted molar refractivity (Wildman–Crippen MR) is 192 cm³/mol. The molecule has 0 radical (unpaired) electrons. The molecule has 0 aliphatic carbocycles. The monoisotopic (exact) mass is 587 g/mol. The number of aliphatic imine (C=N–C) groups is 1. The van der Waals surface area contributed by atoms with E-state index in [9.17, 15) is 0 Å². The molecule has 0 bridgehead atoms. The van der Waals surface area contributed by atoms with Crippen molar-refractivity contribution in [2.75, 3.05) is 0 Å². The zero-order valence-electron chi connectivity index (χ0n) is 25.1. The Morgan fingerprint density at radius 3 is 1.78 bits per heavy atom. The molecule has 46 heavy (non-hydrogen) atoms. The summed E-state index contributed by atoms with van der Waals surface area (Å²) in [5, 5.41) is 8.49. The first-order chi connectivity index (χ1) is 22.8. The highest BCUT2D eigenvalue weighted by molar-refractivity contribution is 6.12. The number of amidine groups is 1. The number of rotatable bonds is 4. The van der Waals surface area contributed by atoms with Gasteiger partial charge in [0.25, 0.3) is 0 Å². The summed E-state index contributed by atoms with van der Waals surface area (Å²) >= 11 is 0. The van der Waals surface area contributed by atoms with Gasteiger partial charge in [0.05, 0.1) is 22.8 Å². The second-order valence-corrected chi connectivity index (χ2v) is 11.9. The summed E-state index contributed by atoms with van der Waals surface area (Å²) in [6.45, 7) is 0. The van der Waals surface area contributed by atoms with Crippen LogP contribution in [0.3, 0.4) is 0 Å². The molecule has 0 fully saturated rings. The van der Waals surface area contributed by atoms with Crippen molar-refractivity contribution in [3.8, 4) is 22.3 Å². The highest BCUT2D eigenvalue weighted by Crippen LogP contribution is 2.41. The first kappa shape index (κ1) is 26.4. The summed E-state index contributed by atoms with van der Waals surface area (Å²) in [6, 6.07) is 58.0. The molecule has 216 valence electrons. The second-order valence-electron chi connectivity index (χ2n) is 11.9. The van der Waals surface area contributed by atoms with E-state index in [0.29, 0.717) is 0 Å². The van der Waals surface area contributed by atoms with Crippen molar-refractivity contribution in [2.24, 2.45) is 4.99 Å². The van der Waals surface area contributed by atoms with Crippen LogP contribution in [0.15, 0.2) is 169 Å². The maximum absolute atomic E-state index is 5.41. The zero-order valence-corrected chi connectivity index (χ0v) is 25.1. The van der Waals surface area contributed by atoms with E-state index in [1.54, 1.807) is 0 Å². The molecule has 9 rings (SSSR count). The Labute approximate surface area is 267 Å². The van der Waals surface area contributed by atoms with Crippen molar-refractivity contribution in [2.45, 2.75) is 6.04 Å². The van der Waals surface area contributed by atoms with Crippen LogP contribution in [-0.4, -0.2) is 10.8 Å². The standard InChI is InChI=1S/C43H29N3/c1-3-13-28(14-4-1)31-25-32(40-35-19-9-11-21-38(35)44-39-22-12-10-20-36(39)40)27-33(26-31)43-45-41(30-16-5-2-6-17-30)37-24-23-29-15-7-8-18-34(29)42(37)46-43/h1-27,41H,(H,45,46). The minimum atomic E-state index is -0.0419. The van der Waals surface area contributed by atoms with Gasteiger partial charge in [-0.15, -0.1) is 0 Å². The van der Waals surface area contributed by atoms with Crippen LogP contribution >= 0.6 is 0 Å². The lowest BCUT2D eigenvalue weighted by Crippen LogP contribution is -2.33. The van der Waals surface area contributed by atoms with Gasteiger partial charge in [0.2, 0.25) is 0 Å². The smallest absolute Gasteiger partial charge is 0.134 e. The van der Waals surface area contributed by atoms with E-state index >= 15 is 0 Å². The Bertz CT molecular complexity index is 2390. The summed E-state index contributed by atoms with van der Waals surface area (Å²) in [4.78, 5) is 10.4. The topological polar surface area (TPSA) is 37.3 Å². The van der Waals surface area contributed by atoms with Crippen LogP contribution in [0.25, 0.3) is 54.8 Å². The SMILES string of the molecule is c1ccc(-c2cc(C3=Nc4c(ccc5ccccc45)C(c4ccccc4)N3)cc(-c3c4ccccc4nc4ccccc34)c2)cc1. The first-order valence-corrected chi connectivity index (χ1v) is 15.7. The highest BCUT2D eigenvalue weighted by Gasteiger charge is 2.26. The van der Waals surface area contributed by atoms with E-state index in [1.807, 2.05) is 0 Å². The fourth-order valence-corrected chi connectivity index (χ4v) is 6.90. The quantitative estimate of drug-likeness (QED) is 0.208. The van der Waals surface area contributed by atoms with Crippen molar-refractivity contribution in [1.29, 1.82) is 0 Å². The van der Waals surface area contributed by atoms with E-state index in [-0.39, 0.29) is 6.04 Å². The summed E-state index contributed by atoms with van der Waals surface area (Å²) in [5.74, 6) is 0.861. The van der Waals surface area contributed by atoms with Crippen molar-refractivity contribution in [3.05, 3.63) is 180 Å². The number of benzene rings is 7. The number of nitrogens with one attached hydrogen (secondary N) is 1. The third kappa shape index (κ3) is 4.44. The van der Waals surface area contributed by atoms with Gasteiger partial charge in [-0.25, -0.2) is 9.98 Å². The van der Waals surface area contributed by atoms with Gasteiger partial charge in [-0.3, -0.25) is 0 Å². The van der Waals surface area contributed by atoms with Crippen molar-refractivity contribution in [1.82, 2.24) is 10.3 Å². The van der Waals surface area contributed by atoms with E-state index in [2.05, 4.69) is 169 Å². The molecular weight excluding hydrogens is 558 g/mol. The predicted octanol–water partition coefficient (Wildman–Crippen LogP) is 10.6. The Balaban J connectivity index is 1.33. The molecule has 1 unspecified atom stereocenters. The van der Waals surface area contributed by atoms with Crippen molar-refractivity contribution in [3.63, 3.8) is 0 Å². The van der Waals surface area contributed by atoms with Crippen LogP contribution in [-0.2, 0) is 0 Å². The number of hydrogen-bond donors (Lipinski definition) is 1. The molecule has 2 heterocycles. The van der Waals surface area contributed by atoms with Crippen LogP contribution in [0, 0.1) is 0 Å². The van der Waals surface area contributed by atoms with Gasteiger partial charge < -0.3 is 5.32 Å². The number of nitrogens with zero attached hydrogens (tertiary/aromatic N) is 2. The third-order valence-corrected chi connectivity index (χ3v) is 9.07. The fourth-order valence-electron chi connectivity index (χ4n) is 6.90. The van der Waals surface area contributed by atoms with Crippen LogP contribution in [0.5, 0.6) is 0 Å². The number of pyridine rings is 1. The normalized spacial score (nSPS) is 14.2. The molecule has 1 aliphatic rings. The Morgan fingerprint density at radius 2 is 1.04 bits per heavy atom. The molecule has 8 aromatic rings. The molecule has 0 spiro atoms.